The maximum Gasteiger partial charge on any atom is 0.494 e. The molecular weight excluding hydrogens is 423 g/mol. The van der Waals surface area contributed by atoms with Gasteiger partial charge in [0.25, 0.3) is 5.91 Å². The molecule has 3 N–H and O–H groups in total. The summed E-state index contributed by atoms with van der Waals surface area (Å²) in [4.78, 5) is 36.4. The fraction of sp³-hybridized carbons (Fsp3) is 0.375. The lowest BCUT2D eigenvalue weighted by Crippen LogP contribution is -2.46. The molecule has 9 heteroatoms. The second kappa shape index (κ2) is 9.37. The average Bonchev–Trinajstić information content (AvgIpc) is 3.00. The van der Waals surface area contributed by atoms with E-state index in [9.17, 15) is 14.4 Å². The standard InChI is InChI=1S/C24H29BN2O6/c1-23(2)24(3,4)33-25(32-23)18-11-9-15(10-12-18)13-19(20(26)28)27-21(29)16-7-6-8-17(14-16)22(30)31-5/h6-12,14,19H,13H2,1-5H3,(H2,26,28)(H,27,29)/t19-/m0/s1. The Kier molecular flexibility index (Phi) is 6.95. The topological polar surface area (TPSA) is 117 Å². The molecule has 0 spiro atoms. The van der Waals surface area contributed by atoms with Crippen LogP contribution in [0.1, 0.15) is 54.0 Å². The van der Waals surface area contributed by atoms with Crippen molar-refractivity contribution in [2.24, 2.45) is 5.73 Å². The Morgan fingerprint density at radius 2 is 1.58 bits per heavy atom. The van der Waals surface area contributed by atoms with Crippen molar-refractivity contribution in [3.05, 3.63) is 65.2 Å². The second-order valence-electron chi connectivity index (χ2n) is 9.03. The van der Waals surface area contributed by atoms with E-state index in [1.54, 1.807) is 12.1 Å². The zero-order valence-corrected chi connectivity index (χ0v) is 19.5. The minimum absolute atomic E-state index is 0.210. The highest BCUT2D eigenvalue weighted by atomic mass is 16.7. The Morgan fingerprint density at radius 3 is 2.12 bits per heavy atom. The van der Waals surface area contributed by atoms with Crippen molar-refractivity contribution in [1.29, 1.82) is 0 Å². The lowest BCUT2D eigenvalue weighted by molar-refractivity contribution is -0.119. The van der Waals surface area contributed by atoms with Gasteiger partial charge in [-0.25, -0.2) is 4.79 Å². The van der Waals surface area contributed by atoms with Crippen molar-refractivity contribution in [2.75, 3.05) is 7.11 Å². The van der Waals surface area contributed by atoms with Crippen LogP contribution in [-0.2, 0) is 25.3 Å². The summed E-state index contributed by atoms with van der Waals surface area (Å²) in [7, 11) is 0.772. The first-order valence-corrected chi connectivity index (χ1v) is 10.7. The second-order valence-corrected chi connectivity index (χ2v) is 9.03. The van der Waals surface area contributed by atoms with Crippen molar-refractivity contribution in [2.45, 2.75) is 51.4 Å². The van der Waals surface area contributed by atoms with Crippen LogP contribution in [0.25, 0.3) is 0 Å². The molecule has 0 bridgehead atoms. The number of carbonyl (C=O) groups excluding carboxylic acids is 3. The highest BCUT2D eigenvalue weighted by molar-refractivity contribution is 6.62. The monoisotopic (exact) mass is 452 g/mol. The SMILES string of the molecule is COC(=O)c1cccc(C(=O)N[C@@H](Cc2ccc(B3OC(C)(C)C(C)(C)O3)cc2)C(N)=O)c1. The number of nitrogens with two attached hydrogens (primary N) is 1. The zero-order chi connectivity index (χ0) is 24.4. The molecule has 1 aliphatic rings. The quantitative estimate of drug-likeness (QED) is 0.487. The van der Waals surface area contributed by atoms with Gasteiger partial charge in [0.2, 0.25) is 5.91 Å². The number of primary amides is 1. The Labute approximate surface area is 193 Å². The number of amides is 2. The van der Waals surface area contributed by atoms with Gasteiger partial charge in [0.05, 0.1) is 23.9 Å². The van der Waals surface area contributed by atoms with Crippen molar-refractivity contribution < 1.29 is 28.4 Å². The first kappa shape index (κ1) is 24.5. The van der Waals surface area contributed by atoms with Gasteiger partial charge in [-0.1, -0.05) is 30.3 Å². The van der Waals surface area contributed by atoms with Crippen LogP contribution in [0.5, 0.6) is 0 Å². The predicted molar refractivity (Wildman–Crippen MR) is 124 cm³/mol. The fourth-order valence-electron chi connectivity index (χ4n) is 3.40. The van der Waals surface area contributed by atoms with Gasteiger partial charge in [-0.15, -0.1) is 0 Å². The highest BCUT2D eigenvalue weighted by Crippen LogP contribution is 2.36. The Hall–Kier alpha value is -3.17. The summed E-state index contributed by atoms with van der Waals surface area (Å²) in [6, 6.07) is 12.6. The molecule has 2 aromatic rings. The Bertz CT molecular complexity index is 1040. The van der Waals surface area contributed by atoms with Crippen molar-refractivity contribution in [3.63, 3.8) is 0 Å². The number of nitrogens with one attached hydrogen (secondary N) is 1. The third kappa shape index (κ3) is 5.43. The molecule has 0 saturated carbocycles. The summed E-state index contributed by atoms with van der Waals surface area (Å²) in [6.45, 7) is 7.95. The molecule has 0 aromatic heterocycles. The first-order chi connectivity index (χ1) is 15.4. The van der Waals surface area contributed by atoms with Gasteiger partial charge in [0, 0.05) is 12.0 Å². The van der Waals surface area contributed by atoms with E-state index in [0.29, 0.717) is 0 Å². The molecule has 1 fully saturated rings. The van der Waals surface area contributed by atoms with Crippen LogP contribution in [0.3, 0.4) is 0 Å². The van der Waals surface area contributed by atoms with Crippen LogP contribution in [0.4, 0.5) is 0 Å². The molecule has 0 unspecified atom stereocenters. The summed E-state index contributed by atoms with van der Waals surface area (Å²) in [5, 5.41) is 2.64. The number of rotatable bonds is 7. The third-order valence-corrected chi connectivity index (χ3v) is 6.14. The van der Waals surface area contributed by atoms with Crippen LogP contribution < -0.4 is 16.5 Å². The van der Waals surface area contributed by atoms with E-state index in [1.807, 2.05) is 52.0 Å². The van der Waals surface area contributed by atoms with Crippen molar-refractivity contribution in [3.8, 4) is 0 Å². The molecule has 1 atom stereocenters. The molecule has 0 aliphatic carbocycles. The number of carbonyl (C=O) groups is 3. The minimum Gasteiger partial charge on any atom is -0.465 e. The van der Waals surface area contributed by atoms with E-state index in [2.05, 4.69) is 10.1 Å². The molecule has 1 saturated heterocycles. The summed E-state index contributed by atoms with van der Waals surface area (Å²) in [5.41, 5.74) is 6.77. The van der Waals surface area contributed by atoms with Gasteiger partial charge < -0.3 is 25.1 Å². The number of hydrogen-bond donors (Lipinski definition) is 2. The van der Waals surface area contributed by atoms with E-state index < -0.39 is 42.1 Å². The largest absolute Gasteiger partial charge is 0.494 e. The smallest absolute Gasteiger partial charge is 0.465 e. The summed E-state index contributed by atoms with van der Waals surface area (Å²) < 4.78 is 16.8. The van der Waals surface area contributed by atoms with Crippen molar-refractivity contribution in [1.82, 2.24) is 5.32 Å². The summed E-state index contributed by atoms with van der Waals surface area (Å²) in [6.07, 6.45) is 0.210. The predicted octanol–water partition coefficient (Wildman–Crippen LogP) is 1.60. The number of benzene rings is 2. The van der Waals surface area contributed by atoms with Gasteiger partial charge in [-0.05, 0) is 56.9 Å². The molecule has 33 heavy (non-hydrogen) atoms. The van der Waals surface area contributed by atoms with Crippen LogP contribution in [0, 0.1) is 0 Å². The molecule has 1 heterocycles. The van der Waals surface area contributed by atoms with E-state index in [-0.39, 0.29) is 17.5 Å². The number of hydrogen-bond acceptors (Lipinski definition) is 6. The van der Waals surface area contributed by atoms with E-state index in [1.165, 1.54) is 19.2 Å². The number of esters is 1. The fourth-order valence-corrected chi connectivity index (χ4v) is 3.40. The molecule has 8 nitrogen and oxygen atoms in total. The van der Waals surface area contributed by atoms with Crippen LogP contribution in [0.2, 0.25) is 0 Å². The zero-order valence-electron chi connectivity index (χ0n) is 19.5. The van der Waals surface area contributed by atoms with Crippen LogP contribution in [0.15, 0.2) is 48.5 Å². The molecule has 2 amide bonds. The molecule has 3 rings (SSSR count). The lowest BCUT2D eigenvalue weighted by atomic mass is 9.78. The number of ether oxygens (including phenoxy) is 1. The van der Waals surface area contributed by atoms with Gasteiger partial charge in [-0.3, -0.25) is 9.59 Å². The van der Waals surface area contributed by atoms with Gasteiger partial charge in [-0.2, -0.15) is 0 Å². The van der Waals surface area contributed by atoms with Gasteiger partial charge in [0.1, 0.15) is 6.04 Å². The van der Waals surface area contributed by atoms with E-state index >= 15 is 0 Å². The van der Waals surface area contributed by atoms with Crippen molar-refractivity contribution >= 4 is 30.4 Å². The lowest BCUT2D eigenvalue weighted by Gasteiger charge is -2.32. The van der Waals surface area contributed by atoms with E-state index in [4.69, 9.17) is 15.0 Å². The first-order valence-electron chi connectivity index (χ1n) is 10.7. The average molecular weight is 452 g/mol. The van der Waals surface area contributed by atoms with Crippen LogP contribution >= 0.6 is 0 Å². The molecule has 1 aliphatic heterocycles. The molecular formula is C24H29BN2O6. The van der Waals surface area contributed by atoms with Crippen LogP contribution in [-0.4, -0.2) is 49.3 Å². The maximum absolute atomic E-state index is 12.7. The normalized spacial score (nSPS) is 17.3. The highest BCUT2D eigenvalue weighted by Gasteiger charge is 2.51. The molecule has 2 aromatic carbocycles. The summed E-state index contributed by atoms with van der Waals surface area (Å²) in [5.74, 6) is -1.74. The molecule has 0 radical (unpaired) electrons. The van der Waals surface area contributed by atoms with Gasteiger partial charge in [0.15, 0.2) is 0 Å². The number of methoxy groups -OCH3 is 1. The van der Waals surface area contributed by atoms with Gasteiger partial charge >= 0.3 is 13.1 Å². The van der Waals surface area contributed by atoms with E-state index in [0.717, 1.165) is 11.0 Å². The molecule has 174 valence electrons. The Morgan fingerprint density at radius 1 is 1.00 bits per heavy atom. The maximum atomic E-state index is 12.7. The minimum atomic E-state index is -0.929. The summed E-state index contributed by atoms with van der Waals surface area (Å²) >= 11 is 0. The Balaban J connectivity index is 1.69. The third-order valence-electron chi connectivity index (χ3n) is 6.14.